The highest BCUT2D eigenvalue weighted by atomic mass is 16.2. The number of carbonyl (C=O) groups is 1. The van der Waals surface area contributed by atoms with Gasteiger partial charge < -0.3 is 9.47 Å². The highest BCUT2D eigenvalue weighted by Crippen LogP contribution is 2.17. The number of benzene rings is 1. The lowest BCUT2D eigenvalue weighted by Crippen LogP contribution is -2.26. The summed E-state index contributed by atoms with van der Waals surface area (Å²) in [7, 11) is 1.79. The molecule has 1 aromatic carbocycles. The van der Waals surface area contributed by atoms with Crippen LogP contribution < -0.4 is 0 Å². The third kappa shape index (κ3) is 3.58. The first-order valence-corrected chi connectivity index (χ1v) is 9.41. The summed E-state index contributed by atoms with van der Waals surface area (Å²) < 4.78 is 2.03. The Morgan fingerprint density at radius 3 is 2.71 bits per heavy atom. The molecule has 1 amide bonds. The smallest absolute Gasteiger partial charge is 0.255 e. The van der Waals surface area contributed by atoms with Crippen molar-refractivity contribution in [3.63, 3.8) is 0 Å². The molecule has 0 atom stereocenters. The third-order valence-electron chi connectivity index (χ3n) is 4.68. The van der Waals surface area contributed by atoms with Gasteiger partial charge in [0.1, 0.15) is 5.52 Å². The maximum atomic E-state index is 12.9. The average molecular weight is 373 g/mol. The maximum Gasteiger partial charge on any atom is 0.255 e. The second-order valence-corrected chi connectivity index (χ2v) is 7.55. The maximum absolute atomic E-state index is 12.9. The van der Waals surface area contributed by atoms with Crippen molar-refractivity contribution in [3.05, 3.63) is 66.2 Å². The first kappa shape index (κ1) is 18.1. The van der Waals surface area contributed by atoms with E-state index in [9.17, 15) is 4.79 Å². The number of hydrogen-bond acceptors (Lipinski definition) is 4. The van der Waals surface area contributed by atoms with E-state index in [4.69, 9.17) is 0 Å². The van der Waals surface area contributed by atoms with Crippen molar-refractivity contribution in [3.8, 4) is 0 Å². The van der Waals surface area contributed by atoms with Gasteiger partial charge in [0, 0.05) is 37.9 Å². The van der Waals surface area contributed by atoms with Gasteiger partial charge in [-0.05, 0) is 29.7 Å². The fourth-order valence-corrected chi connectivity index (χ4v) is 3.36. The van der Waals surface area contributed by atoms with Gasteiger partial charge in [-0.3, -0.25) is 9.78 Å². The van der Waals surface area contributed by atoms with Crippen LogP contribution in [0, 0.1) is 5.92 Å². The minimum atomic E-state index is -0.0824. The van der Waals surface area contributed by atoms with Gasteiger partial charge in [-0.2, -0.15) is 0 Å². The number of para-hydroxylation sites is 1. The zero-order chi connectivity index (χ0) is 19.7. The second-order valence-electron chi connectivity index (χ2n) is 7.55. The molecule has 0 aliphatic carbocycles. The monoisotopic (exact) mass is 373 g/mol. The molecule has 0 saturated heterocycles. The lowest BCUT2D eigenvalue weighted by molar-refractivity contribution is 0.0785. The van der Waals surface area contributed by atoms with Gasteiger partial charge >= 0.3 is 0 Å². The van der Waals surface area contributed by atoms with Crippen LogP contribution in [0.1, 0.15) is 29.8 Å². The summed E-state index contributed by atoms with van der Waals surface area (Å²) in [5, 5.41) is 1.07. The van der Waals surface area contributed by atoms with E-state index >= 15 is 0 Å². The topological polar surface area (TPSA) is 63.9 Å². The van der Waals surface area contributed by atoms with Crippen LogP contribution in [-0.4, -0.2) is 37.4 Å². The van der Waals surface area contributed by atoms with Crippen molar-refractivity contribution in [2.75, 3.05) is 7.05 Å². The molecule has 0 aliphatic rings. The molecule has 0 unspecified atom stereocenters. The van der Waals surface area contributed by atoms with E-state index in [1.165, 1.54) is 0 Å². The first-order chi connectivity index (χ1) is 13.5. The Balaban J connectivity index is 1.54. The van der Waals surface area contributed by atoms with Gasteiger partial charge in [-0.25, -0.2) is 9.97 Å². The Morgan fingerprint density at radius 2 is 1.89 bits per heavy atom. The van der Waals surface area contributed by atoms with E-state index in [0.29, 0.717) is 18.0 Å². The first-order valence-electron chi connectivity index (χ1n) is 9.41. The highest BCUT2D eigenvalue weighted by molar-refractivity contribution is 5.96. The largest absolute Gasteiger partial charge is 0.337 e. The van der Waals surface area contributed by atoms with Gasteiger partial charge in [0.15, 0.2) is 5.65 Å². The molecule has 0 fully saturated rings. The molecule has 0 bridgehead atoms. The van der Waals surface area contributed by atoms with Gasteiger partial charge in [0.25, 0.3) is 5.91 Å². The van der Waals surface area contributed by atoms with Crippen molar-refractivity contribution >= 4 is 28.0 Å². The molecule has 142 valence electrons. The minimum Gasteiger partial charge on any atom is -0.337 e. The van der Waals surface area contributed by atoms with Gasteiger partial charge in [0.05, 0.1) is 17.4 Å². The molecule has 6 heteroatoms. The molecule has 3 heterocycles. The molecule has 0 N–H and O–H groups in total. The lowest BCUT2D eigenvalue weighted by atomic mass is 10.1. The van der Waals surface area contributed by atoms with Crippen molar-refractivity contribution in [2.24, 2.45) is 5.92 Å². The van der Waals surface area contributed by atoms with Crippen LogP contribution in [0.4, 0.5) is 0 Å². The number of hydrogen-bond donors (Lipinski definition) is 0. The van der Waals surface area contributed by atoms with Crippen molar-refractivity contribution < 1.29 is 4.79 Å². The number of carbonyl (C=O) groups excluding carboxylic acids is 1. The fourth-order valence-electron chi connectivity index (χ4n) is 3.36. The van der Waals surface area contributed by atoms with Crippen LogP contribution in [0.5, 0.6) is 0 Å². The summed E-state index contributed by atoms with van der Waals surface area (Å²) in [6, 6.07) is 11.8. The summed E-state index contributed by atoms with van der Waals surface area (Å²) in [6.45, 7) is 5.64. The van der Waals surface area contributed by atoms with Crippen molar-refractivity contribution in [2.45, 2.75) is 26.9 Å². The second kappa shape index (κ2) is 7.38. The zero-order valence-corrected chi connectivity index (χ0v) is 16.3. The molecular formula is C22H23N5O. The van der Waals surface area contributed by atoms with Crippen LogP contribution in [-0.2, 0) is 13.1 Å². The molecule has 0 aliphatic heterocycles. The highest BCUT2D eigenvalue weighted by Gasteiger charge is 2.15. The number of rotatable bonds is 5. The molecule has 0 saturated carbocycles. The summed E-state index contributed by atoms with van der Waals surface area (Å²) in [6.07, 6.45) is 5.25. The van der Waals surface area contributed by atoms with Crippen LogP contribution in [0.15, 0.2) is 55.1 Å². The predicted molar refractivity (Wildman–Crippen MR) is 110 cm³/mol. The van der Waals surface area contributed by atoms with E-state index in [1.54, 1.807) is 24.5 Å². The predicted octanol–water partition coefficient (Wildman–Crippen LogP) is 3.91. The van der Waals surface area contributed by atoms with E-state index in [1.807, 2.05) is 41.1 Å². The van der Waals surface area contributed by atoms with Crippen LogP contribution in [0.3, 0.4) is 0 Å². The van der Waals surface area contributed by atoms with Gasteiger partial charge in [-0.15, -0.1) is 0 Å². The van der Waals surface area contributed by atoms with E-state index in [2.05, 4.69) is 34.9 Å². The number of fused-ring (bicyclic) bond motifs is 2. The SMILES string of the molecule is CC(C)Cn1cnc2cc(C(=O)N(C)Cc3cnc4ccccc4c3)cnc21. The van der Waals surface area contributed by atoms with Gasteiger partial charge in [0.2, 0.25) is 0 Å². The van der Waals surface area contributed by atoms with E-state index < -0.39 is 0 Å². The number of pyridine rings is 2. The Bertz CT molecular complexity index is 1150. The van der Waals surface area contributed by atoms with Crippen molar-refractivity contribution in [1.82, 2.24) is 24.4 Å². The number of imidazole rings is 1. The van der Waals surface area contributed by atoms with Crippen molar-refractivity contribution in [1.29, 1.82) is 0 Å². The van der Waals surface area contributed by atoms with E-state index in [0.717, 1.165) is 34.2 Å². The molecule has 3 aromatic heterocycles. The van der Waals surface area contributed by atoms with Crippen LogP contribution in [0.25, 0.3) is 22.1 Å². The molecule has 28 heavy (non-hydrogen) atoms. The minimum absolute atomic E-state index is 0.0824. The Morgan fingerprint density at radius 1 is 1.07 bits per heavy atom. The number of nitrogens with zero attached hydrogens (tertiary/aromatic N) is 5. The summed E-state index contributed by atoms with van der Waals surface area (Å²) in [5.41, 5.74) is 4.04. The number of amides is 1. The van der Waals surface area contributed by atoms with Crippen LogP contribution >= 0.6 is 0 Å². The fraction of sp³-hybridized carbons (Fsp3) is 0.273. The quantitative estimate of drug-likeness (QED) is 0.532. The molecule has 0 spiro atoms. The molecule has 4 rings (SSSR count). The molecule has 4 aromatic rings. The zero-order valence-electron chi connectivity index (χ0n) is 16.3. The number of aromatic nitrogens is 4. The Labute approximate surface area is 163 Å². The molecule has 0 radical (unpaired) electrons. The molecule has 6 nitrogen and oxygen atoms in total. The average Bonchev–Trinajstić information content (AvgIpc) is 3.08. The summed E-state index contributed by atoms with van der Waals surface area (Å²) in [5.74, 6) is 0.420. The normalized spacial score (nSPS) is 11.4. The summed E-state index contributed by atoms with van der Waals surface area (Å²) in [4.78, 5) is 27.9. The van der Waals surface area contributed by atoms with Gasteiger partial charge in [-0.1, -0.05) is 32.0 Å². The standard InChI is InChI=1S/C22H23N5O/c1-15(2)12-27-14-25-20-9-18(11-24-21(20)27)22(28)26(3)13-16-8-17-6-4-5-7-19(17)23-10-16/h4-11,14-15H,12-13H2,1-3H3. The molecular weight excluding hydrogens is 350 g/mol. The third-order valence-corrected chi connectivity index (χ3v) is 4.68. The Kier molecular flexibility index (Phi) is 4.77. The summed E-state index contributed by atoms with van der Waals surface area (Å²) >= 11 is 0. The van der Waals surface area contributed by atoms with E-state index in [-0.39, 0.29) is 5.91 Å². The van der Waals surface area contributed by atoms with Crippen LogP contribution in [0.2, 0.25) is 0 Å². The lowest BCUT2D eigenvalue weighted by Gasteiger charge is -2.17. The Hall–Kier alpha value is -3.28.